The van der Waals surface area contributed by atoms with Crippen LogP contribution in [-0.2, 0) is 0 Å². The number of rotatable bonds is 2. The molecule has 1 nitrogen and oxygen atoms in total. The van der Waals surface area contributed by atoms with Gasteiger partial charge in [0.15, 0.2) is 0 Å². The molecule has 0 spiro atoms. The molecule has 0 aliphatic carbocycles. The van der Waals surface area contributed by atoms with Gasteiger partial charge in [0.1, 0.15) is 11.6 Å². The van der Waals surface area contributed by atoms with E-state index in [1.54, 1.807) is 0 Å². The first-order chi connectivity index (χ1) is 5.65. The first-order valence-electron chi connectivity index (χ1n) is 3.34. The number of hydrogen-bond acceptors (Lipinski definition) is 1. The van der Waals surface area contributed by atoms with E-state index in [4.69, 9.17) is 0 Å². The van der Waals surface area contributed by atoms with E-state index in [2.05, 4.69) is 15.9 Å². The van der Waals surface area contributed by atoms with E-state index in [0.717, 1.165) is 18.2 Å². The summed E-state index contributed by atoms with van der Waals surface area (Å²) in [5, 5.41) is 9.37. The summed E-state index contributed by atoms with van der Waals surface area (Å²) in [4.78, 5) is 0. The number of halogens is 3. The van der Waals surface area contributed by atoms with Crippen LogP contribution in [0.1, 0.15) is 11.7 Å². The quantitative estimate of drug-likeness (QED) is 0.783. The van der Waals surface area contributed by atoms with Gasteiger partial charge in [0, 0.05) is 10.9 Å². The summed E-state index contributed by atoms with van der Waals surface area (Å²) in [5.74, 6) is -1.14. The van der Waals surface area contributed by atoms with Gasteiger partial charge in [-0.25, -0.2) is 8.78 Å². The SMILES string of the molecule is OC(CBr)c1cc(F)ccc1F. The third-order valence-corrected chi connectivity index (χ3v) is 2.08. The first kappa shape index (κ1) is 9.61. The summed E-state index contributed by atoms with van der Waals surface area (Å²) >= 11 is 2.97. The Morgan fingerprint density at radius 2 is 2.08 bits per heavy atom. The zero-order chi connectivity index (χ0) is 9.14. The summed E-state index contributed by atoms with van der Waals surface area (Å²) in [6, 6.07) is 3.00. The summed E-state index contributed by atoms with van der Waals surface area (Å²) in [5.41, 5.74) is -0.0214. The largest absolute Gasteiger partial charge is 0.387 e. The number of aliphatic hydroxyl groups excluding tert-OH is 1. The van der Waals surface area contributed by atoms with Crippen LogP contribution < -0.4 is 0 Å². The number of aliphatic hydroxyl groups is 1. The van der Waals surface area contributed by atoms with Gasteiger partial charge in [0.05, 0.1) is 6.10 Å². The zero-order valence-corrected chi connectivity index (χ0v) is 7.68. The van der Waals surface area contributed by atoms with Crippen LogP contribution in [0.25, 0.3) is 0 Å². The van der Waals surface area contributed by atoms with Crippen LogP contribution in [0.15, 0.2) is 18.2 Å². The predicted molar refractivity (Wildman–Crippen MR) is 45.1 cm³/mol. The number of alkyl halides is 1. The Bertz CT molecular complexity index is 278. The van der Waals surface area contributed by atoms with Crippen LogP contribution in [0.5, 0.6) is 0 Å². The van der Waals surface area contributed by atoms with E-state index in [1.165, 1.54) is 0 Å². The maximum atomic E-state index is 12.9. The van der Waals surface area contributed by atoms with Gasteiger partial charge in [-0.3, -0.25) is 0 Å². The third-order valence-electron chi connectivity index (χ3n) is 1.46. The van der Waals surface area contributed by atoms with Crippen molar-refractivity contribution < 1.29 is 13.9 Å². The van der Waals surface area contributed by atoms with E-state index >= 15 is 0 Å². The van der Waals surface area contributed by atoms with E-state index in [9.17, 15) is 13.9 Å². The molecule has 4 heteroatoms. The third kappa shape index (κ3) is 2.01. The molecule has 0 saturated carbocycles. The van der Waals surface area contributed by atoms with Crippen molar-refractivity contribution in [1.29, 1.82) is 0 Å². The summed E-state index contributed by atoms with van der Waals surface area (Å²) < 4.78 is 25.4. The van der Waals surface area contributed by atoms with Crippen LogP contribution in [0.3, 0.4) is 0 Å². The van der Waals surface area contributed by atoms with Gasteiger partial charge in [0.25, 0.3) is 0 Å². The molecule has 0 aliphatic heterocycles. The summed E-state index contributed by atoms with van der Waals surface area (Å²) in [7, 11) is 0. The predicted octanol–water partition coefficient (Wildman–Crippen LogP) is 2.39. The molecule has 0 bridgehead atoms. The molecule has 0 aliphatic rings. The van der Waals surface area contributed by atoms with Crippen molar-refractivity contribution in [3.8, 4) is 0 Å². The molecule has 0 heterocycles. The normalized spacial score (nSPS) is 13.0. The molecule has 0 saturated heterocycles. The van der Waals surface area contributed by atoms with Gasteiger partial charge < -0.3 is 5.11 Å². The minimum atomic E-state index is -0.999. The minimum absolute atomic E-state index is 0.0214. The second-order valence-corrected chi connectivity index (χ2v) is 2.98. The molecule has 1 atom stereocenters. The zero-order valence-electron chi connectivity index (χ0n) is 6.10. The summed E-state index contributed by atoms with van der Waals surface area (Å²) in [6.45, 7) is 0. The molecule has 0 radical (unpaired) electrons. The van der Waals surface area contributed by atoms with Crippen LogP contribution in [0.4, 0.5) is 8.78 Å². The maximum absolute atomic E-state index is 12.9. The highest BCUT2D eigenvalue weighted by Gasteiger charge is 2.11. The number of benzene rings is 1. The average molecular weight is 237 g/mol. The highest BCUT2D eigenvalue weighted by atomic mass is 79.9. The lowest BCUT2D eigenvalue weighted by Gasteiger charge is -2.07. The molecule has 1 rings (SSSR count). The lowest BCUT2D eigenvalue weighted by atomic mass is 10.1. The van der Waals surface area contributed by atoms with Crippen molar-refractivity contribution in [2.24, 2.45) is 0 Å². The van der Waals surface area contributed by atoms with Crippen LogP contribution >= 0.6 is 15.9 Å². The second-order valence-electron chi connectivity index (χ2n) is 2.34. The highest BCUT2D eigenvalue weighted by Crippen LogP contribution is 2.19. The topological polar surface area (TPSA) is 20.2 Å². The molecule has 66 valence electrons. The minimum Gasteiger partial charge on any atom is -0.387 e. The smallest absolute Gasteiger partial charge is 0.129 e. The molecular formula is C8H7BrF2O. The Morgan fingerprint density at radius 1 is 1.42 bits per heavy atom. The van der Waals surface area contributed by atoms with E-state index in [-0.39, 0.29) is 10.9 Å². The maximum Gasteiger partial charge on any atom is 0.129 e. The van der Waals surface area contributed by atoms with Crippen molar-refractivity contribution in [2.75, 3.05) is 5.33 Å². The monoisotopic (exact) mass is 236 g/mol. The lowest BCUT2D eigenvalue weighted by Crippen LogP contribution is -2.02. The lowest BCUT2D eigenvalue weighted by molar-refractivity contribution is 0.199. The molecule has 12 heavy (non-hydrogen) atoms. The molecule has 1 aromatic carbocycles. The molecule has 1 N–H and O–H groups in total. The second kappa shape index (κ2) is 3.96. The van der Waals surface area contributed by atoms with Gasteiger partial charge >= 0.3 is 0 Å². The van der Waals surface area contributed by atoms with E-state index in [0.29, 0.717) is 0 Å². The Hall–Kier alpha value is -0.480. The average Bonchev–Trinajstić information content (AvgIpc) is 2.08. The Morgan fingerprint density at radius 3 is 2.67 bits per heavy atom. The first-order valence-corrected chi connectivity index (χ1v) is 4.46. The highest BCUT2D eigenvalue weighted by molar-refractivity contribution is 9.09. The summed E-state index contributed by atoms with van der Waals surface area (Å²) in [6.07, 6.45) is -0.999. The fourth-order valence-electron chi connectivity index (χ4n) is 0.853. The van der Waals surface area contributed by atoms with Gasteiger partial charge in [-0.15, -0.1) is 0 Å². The Balaban J connectivity index is 3.04. The number of hydrogen-bond donors (Lipinski definition) is 1. The van der Waals surface area contributed by atoms with Crippen molar-refractivity contribution in [3.63, 3.8) is 0 Å². The fourth-order valence-corrected chi connectivity index (χ4v) is 1.20. The van der Waals surface area contributed by atoms with Crippen LogP contribution in [-0.4, -0.2) is 10.4 Å². The molecular weight excluding hydrogens is 230 g/mol. The van der Waals surface area contributed by atoms with Crippen LogP contribution in [0, 0.1) is 11.6 Å². The molecule has 0 amide bonds. The standard InChI is InChI=1S/C8H7BrF2O/c9-4-8(12)6-3-5(10)1-2-7(6)11/h1-3,8,12H,4H2. The molecule has 1 unspecified atom stereocenters. The van der Waals surface area contributed by atoms with Gasteiger partial charge in [-0.2, -0.15) is 0 Å². The molecule has 0 aromatic heterocycles. The van der Waals surface area contributed by atoms with Crippen molar-refractivity contribution in [2.45, 2.75) is 6.10 Å². The van der Waals surface area contributed by atoms with E-state index < -0.39 is 17.7 Å². The van der Waals surface area contributed by atoms with Crippen molar-refractivity contribution in [1.82, 2.24) is 0 Å². The fraction of sp³-hybridized carbons (Fsp3) is 0.250. The Kier molecular flexibility index (Phi) is 3.17. The molecule has 0 fully saturated rings. The molecule has 1 aromatic rings. The Labute approximate surface area is 77.2 Å². The van der Waals surface area contributed by atoms with E-state index in [1.807, 2.05) is 0 Å². The van der Waals surface area contributed by atoms with Crippen LogP contribution in [0.2, 0.25) is 0 Å². The van der Waals surface area contributed by atoms with Gasteiger partial charge in [-0.1, -0.05) is 15.9 Å². The van der Waals surface area contributed by atoms with Crippen molar-refractivity contribution >= 4 is 15.9 Å². The van der Waals surface area contributed by atoms with Gasteiger partial charge in [0.2, 0.25) is 0 Å². The van der Waals surface area contributed by atoms with Crippen molar-refractivity contribution in [3.05, 3.63) is 35.4 Å². The van der Waals surface area contributed by atoms with Gasteiger partial charge in [-0.05, 0) is 18.2 Å².